The Morgan fingerprint density at radius 3 is 2.33 bits per heavy atom. The number of nitrogens with two attached hydrogens (primary N) is 1. The number of hydrogen-bond donors (Lipinski definition) is 3. The van der Waals surface area contributed by atoms with Crippen LogP contribution in [0, 0.1) is 13.8 Å². The summed E-state index contributed by atoms with van der Waals surface area (Å²) in [6.07, 6.45) is 0.154. The Bertz CT molecular complexity index is 664. The lowest BCUT2D eigenvalue weighted by Gasteiger charge is -2.19. The number of rotatable bonds is 7. The fraction of sp³-hybridized carbons (Fsp3) is 0.526. The molecule has 7 nitrogen and oxygen atoms in total. The lowest BCUT2D eigenvalue weighted by atomic mass is 10.1. The summed E-state index contributed by atoms with van der Waals surface area (Å²) in [6.45, 7) is 10.3. The van der Waals surface area contributed by atoms with E-state index in [0.29, 0.717) is 24.7 Å². The molecule has 0 atom stereocenters. The predicted octanol–water partition coefficient (Wildman–Crippen LogP) is 3.01. The van der Waals surface area contributed by atoms with E-state index in [4.69, 9.17) is 10.5 Å². The highest BCUT2D eigenvalue weighted by molar-refractivity contribution is 8.14. The summed E-state index contributed by atoms with van der Waals surface area (Å²) in [7, 11) is 0. The normalized spacial score (nSPS) is 11.8. The van der Waals surface area contributed by atoms with Crippen LogP contribution in [0.2, 0.25) is 0 Å². The zero-order valence-corrected chi connectivity index (χ0v) is 17.5. The number of carbonyl (C=O) groups excluding carboxylic acids is 2. The molecule has 2 amide bonds. The number of ether oxygens (including phenoxy) is 1. The second kappa shape index (κ2) is 10.8. The minimum Gasteiger partial charge on any atom is -0.444 e. The van der Waals surface area contributed by atoms with E-state index >= 15 is 0 Å². The van der Waals surface area contributed by atoms with Gasteiger partial charge in [-0.3, -0.25) is 4.79 Å². The lowest BCUT2D eigenvalue weighted by Crippen LogP contribution is -2.34. The number of para-hydroxylation sites is 1. The summed E-state index contributed by atoms with van der Waals surface area (Å²) in [4.78, 5) is 27.7. The van der Waals surface area contributed by atoms with Crippen molar-refractivity contribution in [2.75, 3.05) is 18.8 Å². The van der Waals surface area contributed by atoms with Gasteiger partial charge in [-0.2, -0.15) is 0 Å². The van der Waals surface area contributed by atoms with Crippen LogP contribution in [0.1, 0.15) is 38.3 Å². The van der Waals surface area contributed by atoms with E-state index in [1.54, 1.807) is 20.8 Å². The molecule has 0 heterocycles. The number of hydrogen-bond acceptors (Lipinski definition) is 5. The van der Waals surface area contributed by atoms with E-state index in [1.165, 1.54) is 11.8 Å². The van der Waals surface area contributed by atoms with Crippen molar-refractivity contribution in [1.82, 2.24) is 10.6 Å². The summed E-state index contributed by atoms with van der Waals surface area (Å²) in [5.74, 6) is 0.0664. The highest BCUT2D eigenvalue weighted by atomic mass is 32.2. The van der Waals surface area contributed by atoms with Crippen LogP contribution in [-0.2, 0) is 9.53 Å². The van der Waals surface area contributed by atoms with Gasteiger partial charge >= 0.3 is 6.09 Å². The number of amidine groups is 1. The Morgan fingerprint density at radius 1 is 1.15 bits per heavy atom. The minimum atomic E-state index is -0.520. The molecular weight excluding hydrogens is 364 g/mol. The molecule has 1 rings (SSSR count). The summed E-state index contributed by atoms with van der Waals surface area (Å²) in [5.41, 5.74) is 8.33. The molecule has 150 valence electrons. The van der Waals surface area contributed by atoms with Gasteiger partial charge in [-0.25, -0.2) is 9.79 Å². The van der Waals surface area contributed by atoms with Crippen molar-refractivity contribution >= 4 is 34.6 Å². The molecule has 0 spiro atoms. The first-order valence-corrected chi connectivity index (χ1v) is 9.84. The molecule has 8 heteroatoms. The predicted molar refractivity (Wildman–Crippen MR) is 112 cm³/mol. The third-order valence-electron chi connectivity index (χ3n) is 3.36. The Kier molecular flexibility index (Phi) is 9.14. The number of thioether (sulfide) groups is 1. The van der Waals surface area contributed by atoms with Gasteiger partial charge in [0.25, 0.3) is 0 Å². The number of carbonyl (C=O) groups is 2. The molecule has 0 saturated carbocycles. The summed E-state index contributed by atoms with van der Waals surface area (Å²) in [5, 5.41) is 5.78. The van der Waals surface area contributed by atoms with Gasteiger partial charge in [0.1, 0.15) is 5.60 Å². The van der Waals surface area contributed by atoms with Gasteiger partial charge in [-0.05, 0) is 52.2 Å². The molecule has 4 N–H and O–H groups in total. The monoisotopic (exact) mass is 394 g/mol. The number of alkyl carbamates (subject to hydrolysis) is 1. The number of aliphatic imine (C=N–C) groups is 1. The van der Waals surface area contributed by atoms with Gasteiger partial charge in [0.15, 0.2) is 5.17 Å². The molecule has 0 bridgehead atoms. The molecule has 0 radical (unpaired) electrons. The molecular formula is C19H30N4O3S. The van der Waals surface area contributed by atoms with E-state index in [1.807, 2.05) is 32.0 Å². The molecule has 0 aromatic heterocycles. The Hall–Kier alpha value is -2.22. The molecule has 0 saturated heterocycles. The average molecular weight is 395 g/mol. The zero-order valence-electron chi connectivity index (χ0n) is 16.7. The molecule has 0 aliphatic carbocycles. The SMILES string of the molecule is Cc1cccc(C)c1N=C(N)SCC(=O)NCCCNC(=O)OC(C)(C)C. The standard InChI is InChI=1S/C19H30N4O3S/c1-13-8-6-9-14(2)16(13)23-17(20)27-12-15(24)21-10-7-11-22-18(25)26-19(3,4)5/h6,8-9H,7,10-12H2,1-5H3,(H2,20,23)(H,21,24)(H,22,25). The van der Waals surface area contributed by atoms with Crippen LogP contribution >= 0.6 is 11.8 Å². The van der Waals surface area contributed by atoms with Crippen molar-refractivity contribution < 1.29 is 14.3 Å². The van der Waals surface area contributed by atoms with Crippen LogP contribution in [0.4, 0.5) is 10.5 Å². The Balaban J connectivity index is 2.26. The molecule has 27 heavy (non-hydrogen) atoms. The van der Waals surface area contributed by atoms with Crippen molar-refractivity contribution in [3.8, 4) is 0 Å². The summed E-state index contributed by atoms with van der Waals surface area (Å²) in [6, 6.07) is 5.92. The maximum absolute atomic E-state index is 11.9. The fourth-order valence-electron chi connectivity index (χ4n) is 2.14. The van der Waals surface area contributed by atoms with Gasteiger partial charge < -0.3 is 21.1 Å². The number of benzene rings is 1. The molecule has 1 aromatic carbocycles. The Morgan fingerprint density at radius 2 is 1.74 bits per heavy atom. The quantitative estimate of drug-likeness (QED) is 0.374. The lowest BCUT2D eigenvalue weighted by molar-refractivity contribution is -0.118. The molecule has 1 aromatic rings. The van der Waals surface area contributed by atoms with Gasteiger partial charge in [0.05, 0.1) is 11.4 Å². The smallest absolute Gasteiger partial charge is 0.407 e. The van der Waals surface area contributed by atoms with E-state index < -0.39 is 11.7 Å². The number of aryl methyl sites for hydroxylation is 2. The largest absolute Gasteiger partial charge is 0.444 e. The van der Waals surface area contributed by atoms with Crippen LogP contribution < -0.4 is 16.4 Å². The first kappa shape index (κ1) is 22.8. The fourth-order valence-corrected chi connectivity index (χ4v) is 2.67. The first-order valence-electron chi connectivity index (χ1n) is 8.85. The van der Waals surface area contributed by atoms with Gasteiger partial charge in [-0.1, -0.05) is 30.0 Å². The molecule has 0 aliphatic rings. The third-order valence-corrected chi connectivity index (χ3v) is 4.15. The minimum absolute atomic E-state index is 0.128. The second-order valence-electron chi connectivity index (χ2n) is 7.11. The van der Waals surface area contributed by atoms with Crippen molar-refractivity contribution in [3.05, 3.63) is 29.3 Å². The third kappa shape index (κ3) is 9.89. The maximum Gasteiger partial charge on any atom is 0.407 e. The number of amides is 2. The topological polar surface area (TPSA) is 106 Å². The summed E-state index contributed by atoms with van der Waals surface area (Å²) >= 11 is 1.20. The van der Waals surface area contributed by atoms with Crippen LogP contribution in [0.5, 0.6) is 0 Å². The first-order chi connectivity index (χ1) is 12.6. The Labute approximate surface area is 165 Å². The van der Waals surface area contributed by atoms with E-state index in [9.17, 15) is 9.59 Å². The van der Waals surface area contributed by atoms with Crippen LogP contribution in [-0.4, -0.2) is 41.6 Å². The molecule has 0 aliphatic heterocycles. The van der Waals surface area contributed by atoms with E-state index in [2.05, 4.69) is 15.6 Å². The number of nitrogens with one attached hydrogen (secondary N) is 2. The average Bonchev–Trinajstić information content (AvgIpc) is 2.54. The van der Waals surface area contributed by atoms with Crippen molar-refractivity contribution in [2.24, 2.45) is 10.7 Å². The maximum atomic E-state index is 11.9. The highest BCUT2D eigenvalue weighted by Crippen LogP contribution is 2.23. The van der Waals surface area contributed by atoms with Crippen LogP contribution in [0.15, 0.2) is 23.2 Å². The molecule has 0 fully saturated rings. The van der Waals surface area contributed by atoms with E-state index in [-0.39, 0.29) is 11.7 Å². The van der Waals surface area contributed by atoms with Gasteiger partial charge in [0.2, 0.25) is 5.91 Å². The van der Waals surface area contributed by atoms with Crippen LogP contribution in [0.25, 0.3) is 0 Å². The summed E-state index contributed by atoms with van der Waals surface area (Å²) < 4.78 is 5.13. The van der Waals surface area contributed by atoms with E-state index in [0.717, 1.165) is 16.8 Å². The second-order valence-corrected chi connectivity index (χ2v) is 8.11. The molecule has 0 unspecified atom stereocenters. The highest BCUT2D eigenvalue weighted by Gasteiger charge is 2.15. The van der Waals surface area contributed by atoms with Gasteiger partial charge in [0, 0.05) is 13.1 Å². The van der Waals surface area contributed by atoms with Crippen molar-refractivity contribution in [2.45, 2.75) is 46.6 Å². The van der Waals surface area contributed by atoms with Crippen molar-refractivity contribution in [1.29, 1.82) is 0 Å². The van der Waals surface area contributed by atoms with Crippen LogP contribution in [0.3, 0.4) is 0 Å². The van der Waals surface area contributed by atoms with Gasteiger partial charge in [-0.15, -0.1) is 0 Å². The number of nitrogens with zero attached hydrogens (tertiary/aromatic N) is 1. The zero-order chi connectivity index (χ0) is 20.4. The van der Waals surface area contributed by atoms with Crippen molar-refractivity contribution in [3.63, 3.8) is 0 Å².